The van der Waals surface area contributed by atoms with E-state index in [4.69, 9.17) is 20.9 Å². The number of ether oxygens (including phenoxy) is 2. The molecule has 0 aliphatic carbocycles. The second-order valence-electron chi connectivity index (χ2n) is 7.72. The minimum Gasteiger partial charge on any atom is -0.491 e. The van der Waals surface area contributed by atoms with Crippen LogP contribution in [0.25, 0.3) is 10.6 Å². The summed E-state index contributed by atoms with van der Waals surface area (Å²) in [6, 6.07) is 5.11. The summed E-state index contributed by atoms with van der Waals surface area (Å²) in [7, 11) is 0. The summed E-state index contributed by atoms with van der Waals surface area (Å²) < 4.78 is 48.9. The Morgan fingerprint density at radius 1 is 1.32 bits per heavy atom. The van der Waals surface area contributed by atoms with Crippen molar-refractivity contribution in [1.82, 2.24) is 10.3 Å². The number of aromatic nitrogens is 1. The Morgan fingerprint density at radius 3 is 2.76 bits per heavy atom. The summed E-state index contributed by atoms with van der Waals surface area (Å²) >= 11 is 1.53. The summed E-state index contributed by atoms with van der Waals surface area (Å²) in [4.78, 5) is 18.3. The van der Waals surface area contributed by atoms with Crippen molar-refractivity contribution < 1.29 is 27.4 Å². The lowest BCUT2D eigenvalue weighted by molar-refractivity contribution is -0.0926. The van der Waals surface area contributed by atoms with Gasteiger partial charge in [-0.05, 0) is 49.6 Å². The molecular formula is C23H27F3N4O3S. The number of rotatable bonds is 9. The van der Waals surface area contributed by atoms with Gasteiger partial charge >= 0.3 is 6.18 Å². The van der Waals surface area contributed by atoms with E-state index in [1.165, 1.54) is 11.3 Å². The van der Waals surface area contributed by atoms with Gasteiger partial charge < -0.3 is 26.3 Å². The highest BCUT2D eigenvalue weighted by Gasteiger charge is 2.30. The Morgan fingerprint density at radius 2 is 2.12 bits per heavy atom. The Labute approximate surface area is 199 Å². The second kappa shape index (κ2) is 11.4. The van der Waals surface area contributed by atoms with Gasteiger partial charge in [0.2, 0.25) is 0 Å². The minimum absolute atomic E-state index is 0.00890. The number of allylic oxidation sites excluding steroid dienone is 3. The molecule has 0 bridgehead atoms. The molecule has 34 heavy (non-hydrogen) atoms. The summed E-state index contributed by atoms with van der Waals surface area (Å²) in [6.45, 7) is 2.95. The van der Waals surface area contributed by atoms with E-state index in [9.17, 15) is 18.0 Å². The monoisotopic (exact) mass is 496 g/mol. The van der Waals surface area contributed by atoms with Crippen molar-refractivity contribution in [3.8, 4) is 16.3 Å². The van der Waals surface area contributed by atoms with E-state index in [1.807, 2.05) is 13.0 Å². The third-order valence-corrected chi connectivity index (χ3v) is 6.23. The SMILES string of the molecule is CCc1cnc(-c2cc(OC[C@@H]3CCCO3)cc(C(=O)NC/C(N)=C/C=C(\N)C(F)(F)F)c2)s1. The van der Waals surface area contributed by atoms with Gasteiger partial charge in [0.25, 0.3) is 5.91 Å². The zero-order valence-electron chi connectivity index (χ0n) is 18.7. The highest BCUT2D eigenvalue weighted by molar-refractivity contribution is 7.15. The van der Waals surface area contributed by atoms with E-state index in [1.54, 1.807) is 18.3 Å². The molecule has 0 spiro atoms. The molecule has 1 aliphatic rings. The zero-order valence-corrected chi connectivity index (χ0v) is 19.5. The van der Waals surface area contributed by atoms with E-state index in [0.29, 0.717) is 30.6 Å². The number of nitrogens with zero attached hydrogens (tertiary/aromatic N) is 1. The molecule has 1 aliphatic heterocycles. The fourth-order valence-corrected chi connectivity index (χ4v) is 3.98. The molecule has 1 aromatic heterocycles. The first kappa shape index (κ1) is 25.6. The van der Waals surface area contributed by atoms with Gasteiger partial charge in [-0.25, -0.2) is 4.98 Å². The van der Waals surface area contributed by atoms with Crippen molar-refractivity contribution in [3.63, 3.8) is 0 Å². The van der Waals surface area contributed by atoms with E-state index >= 15 is 0 Å². The van der Waals surface area contributed by atoms with Gasteiger partial charge in [0.05, 0.1) is 12.6 Å². The van der Waals surface area contributed by atoms with E-state index < -0.39 is 17.8 Å². The number of thiazole rings is 1. The molecule has 1 saturated heterocycles. The van der Waals surface area contributed by atoms with Crippen LogP contribution in [0, 0.1) is 0 Å². The Kier molecular flexibility index (Phi) is 8.56. The first-order valence-electron chi connectivity index (χ1n) is 10.8. The molecule has 1 aromatic carbocycles. The Balaban J connectivity index is 1.75. The number of hydrogen-bond donors (Lipinski definition) is 3. The number of aryl methyl sites for hydroxylation is 1. The van der Waals surface area contributed by atoms with Crippen LogP contribution in [0.2, 0.25) is 0 Å². The molecule has 7 nitrogen and oxygen atoms in total. The molecule has 1 atom stereocenters. The molecule has 0 saturated carbocycles. The van der Waals surface area contributed by atoms with Crippen LogP contribution in [0.15, 0.2) is 47.9 Å². The van der Waals surface area contributed by atoms with E-state index in [2.05, 4.69) is 10.3 Å². The number of halogens is 3. The molecule has 5 N–H and O–H groups in total. The number of benzene rings is 1. The number of alkyl halides is 3. The van der Waals surface area contributed by atoms with Gasteiger partial charge in [-0.1, -0.05) is 6.92 Å². The van der Waals surface area contributed by atoms with Crippen molar-refractivity contribution in [3.05, 3.63) is 58.4 Å². The van der Waals surface area contributed by atoms with Crippen LogP contribution >= 0.6 is 11.3 Å². The minimum atomic E-state index is -4.64. The predicted molar refractivity (Wildman–Crippen MR) is 124 cm³/mol. The molecular weight excluding hydrogens is 469 g/mol. The number of hydrogen-bond acceptors (Lipinski definition) is 7. The van der Waals surface area contributed by atoms with Crippen LogP contribution in [-0.4, -0.2) is 42.9 Å². The van der Waals surface area contributed by atoms with Crippen LogP contribution in [0.1, 0.15) is 35.0 Å². The Hall–Kier alpha value is -3.05. The van der Waals surface area contributed by atoms with Crippen molar-refractivity contribution in [2.75, 3.05) is 19.8 Å². The molecule has 11 heteroatoms. The van der Waals surface area contributed by atoms with Gasteiger partial charge in [0.1, 0.15) is 23.1 Å². The smallest absolute Gasteiger partial charge is 0.430 e. The molecule has 2 aromatic rings. The summed E-state index contributed by atoms with van der Waals surface area (Å²) in [5, 5.41) is 3.35. The topological polar surface area (TPSA) is 112 Å². The van der Waals surface area contributed by atoms with Crippen LogP contribution in [0.5, 0.6) is 5.75 Å². The van der Waals surface area contributed by atoms with Crippen LogP contribution in [0.3, 0.4) is 0 Å². The maximum absolute atomic E-state index is 12.8. The number of nitrogens with one attached hydrogen (secondary N) is 1. The van der Waals surface area contributed by atoms with Gasteiger partial charge in [0, 0.05) is 34.5 Å². The van der Waals surface area contributed by atoms with Gasteiger partial charge in [-0.15, -0.1) is 11.3 Å². The lowest BCUT2D eigenvalue weighted by atomic mass is 10.1. The van der Waals surface area contributed by atoms with Crippen LogP contribution < -0.4 is 21.5 Å². The lowest BCUT2D eigenvalue weighted by Crippen LogP contribution is -2.28. The number of carbonyl (C=O) groups is 1. The van der Waals surface area contributed by atoms with Crippen molar-refractivity contribution in [2.24, 2.45) is 11.5 Å². The molecule has 184 valence electrons. The zero-order chi connectivity index (χ0) is 24.7. The van der Waals surface area contributed by atoms with Crippen LogP contribution in [-0.2, 0) is 11.2 Å². The third-order valence-electron chi connectivity index (χ3n) is 5.03. The number of amides is 1. The first-order chi connectivity index (χ1) is 16.2. The summed E-state index contributed by atoms with van der Waals surface area (Å²) in [5.41, 5.74) is 10.4. The predicted octanol–water partition coefficient (Wildman–Crippen LogP) is 3.91. The highest BCUT2D eigenvalue weighted by Crippen LogP contribution is 2.30. The fraction of sp³-hybridized carbons (Fsp3) is 0.391. The second-order valence-corrected chi connectivity index (χ2v) is 8.84. The molecule has 0 radical (unpaired) electrons. The van der Waals surface area contributed by atoms with E-state index in [-0.39, 0.29) is 18.3 Å². The number of nitrogens with two attached hydrogens (primary N) is 2. The molecule has 2 heterocycles. The van der Waals surface area contributed by atoms with Gasteiger partial charge in [0.15, 0.2) is 0 Å². The van der Waals surface area contributed by atoms with Crippen molar-refractivity contribution >= 4 is 17.2 Å². The molecule has 0 unspecified atom stereocenters. The van der Waals surface area contributed by atoms with Crippen molar-refractivity contribution in [2.45, 2.75) is 38.5 Å². The summed E-state index contributed by atoms with van der Waals surface area (Å²) in [5.74, 6) is 0.0380. The average Bonchev–Trinajstić information content (AvgIpc) is 3.50. The number of carbonyl (C=O) groups excluding carboxylic acids is 1. The molecule has 1 amide bonds. The quantitative estimate of drug-likeness (QED) is 0.454. The molecule has 3 rings (SSSR count). The maximum atomic E-state index is 12.8. The Bertz CT molecular complexity index is 1060. The standard InChI is InChI=1S/C23H27F3N4O3S/c1-2-19-12-30-22(34-19)15-8-14(9-18(10-15)33-13-17-4-3-7-32-17)21(31)29-11-16(27)5-6-20(28)23(24,25)26/h5-6,8-10,12,17H,2-4,7,11,13,27-28H2,1H3,(H,29,31)/b16-5-,20-6-/t17-/m0/s1. The normalized spacial score (nSPS) is 17.1. The average molecular weight is 497 g/mol. The fourth-order valence-electron chi connectivity index (χ4n) is 3.14. The molecule has 1 fully saturated rings. The van der Waals surface area contributed by atoms with Gasteiger partial charge in [-0.2, -0.15) is 13.2 Å². The van der Waals surface area contributed by atoms with Crippen molar-refractivity contribution in [1.29, 1.82) is 0 Å². The largest absolute Gasteiger partial charge is 0.491 e. The third kappa shape index (κ3) is 7.22. The van der Waals surface area contributed by atoms with E-state index in [0.717, 1.165) is 40.8 Å². The van der Waals surface area contributed by atoms with Crippen LogP contribution in [0.4, 0.5) is 13.2 Å². The lowest BCUT2D eigenvalue weighted by Gasteiger charge is -2.14. The maximum Gasteiger partial charge on any atom is 0.430 e. The first-order valence-corrected chi connectivity index (χ1v) is 11.6. The highest BCUT2D eigenvalue weighted by atomic mass is 32.1. The van der Waals surface area contributed by atoms with Gasteiger partial charge in [-0.3, -0.25) is 4.79 Å². The summed E-state index contributed by atoms with van der Waals surface area (Å²) in [6.07, 6.45) is 1.58.